The molecule has 3 heterocycles. The molecule has 1 aliphatic rings. The first kappa shape index (κ1) is 23.0. The Hall–Kier alpha value is -3.76. The number of rotatable bonds is 7. The molecule has 11 heteroatoms. The van der Waals surface area contributed by atoms with Crippen molar-refractivity contribution < 1.29 is 26.7 Å². The Balaban J connectivity index is 1.37. The van der Waals surface area contributed by atoms with E-state index < -0.39 is 18.5 Å². The quantitative estimate of drug-likeness (QED) is 0.325. The van der Waals surface area contributed by atoms with E-state index in [-0.39, 0.29) is 17.6 Å². The molecule has 0 unspecified atom stereocenters. The van der Waals surface area contributed by atoms with Gasteiger partial charge in [0.15, 0.2) is 5.69 Å². The van der Waals surface area contributed by atoms with E-state index in [9.17, 15) is 22.0 Å². The van der Waals surface area contributed by atoms with Gasteiger partial charge >= 0.3 is 12.8 Å². The summed E-state index contributed by atoms with van der Waals surface area (Å²) in [7, 11) is 1.52. The Morgan fingerprint density at radius 2 is 1.86 bits per heavy atom. The first-order valence-corrected chi connectivity index (χ1v) is 10.9. The van der Waals surface area contributed by atoms with Crippen LogP contribution in [0.1, 0.15) is 41.3 Å². The van der Waals surface area contributed by atoms with Crippen molar-refractivity contribution in [1.29, 1.82) is 0 Å². The standard InChI is InChI=1S/C24H20F5N5O/c1-34-11-18(24(27,28)29)33-21(34)16-4-2-13(3-5-16)8-14-9-17(30-10-14)19-20(15-6-7-15)31-12-32-22(19)35-23(25)26/h2-5,9-12,15,23,30H,6-8H2,1H3. The molecule has 5 rings (SSSR count). The fourth-order valence-electron chi connectivity index (χ4n) is 4.04. The van der Waals surface area contributed by atoms with Crippen LogP contribution in [0, 0.1) is 0 Å². The smallest absolute Gasteiger partial charge is 0.416 e. The molecule has 182 valence electrons. The maximum absolute atomic E-state index is 13.0. The van der Waals surface area contributed by atoms with Gasteiger partial charge in [-0.3, -0.25) is 0 Å². The number of nitrogens with one attached hydrogen (secondary N) is 1. The van der Waals surface area contributed by atoms with Gasteiger partial charge in [-0.2, -0.15) is 22.0 Å². The van der Waals surface area contributed by atoms with Gasteiger partial charge in [0.1, 0.15) is 12.2 Å². The first-order valence-electron chi connectivity index (χ1n) is 10.9. The molecule has 0 bridgehead atoms. The third-order valence-electron chi connectivity index (χ3n) is 5.81. The zero-order valence-electron chi connectivity index (χ0n) is 18.5. The summed E-state index contributed by atoms with van der Waals surface area (Å²) in [6.45, 7) is -3.01. The third kappa shape index (κ3) is 4.89. The van der Waals surface area contributed by atoms with Gasteiger partial charge in [0.2, 0.25) is 5.88 Å². The molecule has 35 heavy (non-hydrogen) atoms. The van der Waals surface area contributed by atoms with Crippen LogP contribution in [-0.4, -0.2) is 31.1 Å². The summed E-state index contributed by atoms with van der Waals surface area (Å²) in [6.07, 6.45) is 1.83. The van der Waals surface area contributed by atoms with Gasteiger partial charge in [0.05, 0.1) is 17.0 Å². The van der Waals surface area contributed by atoms with Crippen molar-refractivity contribution in [2.75, 3.05) is 0 Å². The van der Waals surface area contributed by atoms with E-state index >= 15 is 0 Å². The molecule has 0 amide bonds. The van der Waals surface area contributed by atoms with Gasteiger partial charge in [0, 0.05) is 30.9 Å². The highest BCUT2D eigenvalue weighted by Crippen LogP contribution is 2.45. The van der Waals surface area contributed by atoms with E-state index in [1.807, 2.05) is 18.2 Å². The normalized spacial score (nSPS) is 14.0. The SMILES string of the molecule is Cn1cc(C(F)(F)F)nc1-c1ccc(Cc2c[nH]c(-c3c(OC(F)F)ncnc3C3CC3)c2)cc1. The van der Waals surface area contributed by atoms with Crippen LogP contribution in [0.15, 0.2) is 49.1 Å². The molecule has 1 fully saturated rings. The molecule has 3 aromatic heterocycles. The minimum absolute atomic E-state index is 0.164. The van der Waals surface area contributed by atoms with Gasteiger partial charge in [-0.1, -0.05) is 24.3 Å². The van der Waals surface area contributed by atoms with Crippen LogP contribution < -0.4 is 4.74 Å². The van der Waals surface area contributed by atoms with Crippen molar-refractivity contribution in [2.45, 2.75) is 38.0 Å². The Bertz CT molecular complexity index is 1340. The van der Waals surface area contributed by atoms with Crippen molar-refractivity contribution in [3.63, 3.8) is 0 Å². The lowest BCUT2D eigenvalue weighted by Gasteiger charge is -2.11. The highest BCUT2D eigenvalue weighted by molar-refractivity contribution is 5.70. The van der Waals surface area contributed by atoms with Gasteiger partial charge in [-0.15, -0.1) is 0 Å². The van der Waals surface area contributed by atoms with Crippen molar-refractivity contribution in [3.05, 3.63) is 71.6 Å². The third-order valence-corrected chi connectivity index (χ3v) is 5.81. The second kappa shape index (κ2) is 8.79. The highest BCUT2D eigenvalue weighted by atomic mass is 19.4. The minimum atomic E-state index is -4.51. The molecule has 1 aliphatic carbocycles. The summed E-state index contributed by atoms with van der Waals surface area (Å²) >= 11 is 0. The first-order chi connectivity index (χ1) is 16.7. The zero-order chi connectivity index (χ0) is 24.7. The summed E-state index contributed by atoms with van der Waals surface area (Å²) < 4.78 is 70.7. The van der Waals surface area contributed by atoms with E-state index in [1.165, 1.54) is 17.9 Å². The lowest BCUT2D eigenvalue weighted by atomic mass is 10.0. The average Bonchev–Trinajstić information content (AvgIpc) is 3.42. The summed E-state index contributed by atoms with van der Waals surface area (Å²) in [5.74, 6) is 0.246. The topological polar surface area (TPSA) is 68.6 Å². The van der Waals surface area contributed by atoms with E-state index in [0.29, 0.717) is 28.9 Å². The Labute approximate surface area is 196 Å². The van der Waals surface area contributed by atoms with Gasteiger partial charge < -0.3 is 14.3 Å². The van der Waals surface area contributed by atoms with Crippen LogP contribution in [0.3, 0.4) is 0 Å². The molecule has 0 radical (unpaired) electrons. The molecule has 4 aromatic rings. The zero-order valence-corrected chi connectivity index (χ0v) is 18.5. The molecule has 1 N–H and O–H groups in total. The van der Waals surface area contributed by atoms with Crippen LogP contribution in [0.5, 0.6) is 5.88 Å². The second-order valence-electron chi connectivity index (χ2n) is 8.45. The summed E-state index contributed by atoms with van der Waals surface area (Å²) in [6, 6.07) is 8.91. The molecule has 1 aromatic carbocycles. The van der Waals surface area contributed by atoms with Crippen molar-refractivity contribution >= 4 is 0 Å². The maximum Gasteiger partial charge on any atom is 0.434 e. The number of halogens is 5. The lowest BCUT2D eigenvalue weighted by Crippen LogP contribution is -2.07. The number of aryl methyl sites for hydroxylation is 1. The van der Waals surface area contributed by atoms with E-state index in [1.54, 1.807) is 18.3 Å². The molecule has 1 saturated carbocycles. The van der Waals surface area contributed by atoms with Crippen LogP contribution in [0.25, 0.3) is 22.6 Å². The summed E-state index contributed by atoms with van der Waals surface area (Å²) in [5, 5.41) is 0. The number of alkyl halides is 5. The Morgan fingerprint density at radius 3 is 2.49 bits per heavy atom. The number of aromatic amines is 1. The minimum Gasteiger partial charge on any atom is -0.416 e. The molecular weight excluding hydrogens is 469 g/mol. The number of benzene rings is 1. The molecular formula is C24H20F5N5O. The largest absolute Gasteiger partial charge is 0.434 e. The number of hydrogen-bond acceptors (Lipinski definition) is 4. The number of nitrogens with zero attached hydrogens (tertiary/aromatic N) is 4. The second-order valence-corrected chi connectivity index (χ2v) is 8.45. The monoisotopic (exact) mass is 489 g/mol. The van der Waals surface area contributed by atoms with Crippen molar-refractivity contribution in [2.24, 2.45) is 7.05 Å². The predicted molar refractivity (Wildman–Crippen MR) is 117 cm³/mol. The number of H-pyrrole nitrogens is 1. The average molecular weight is 489 g/mol. The molecule has 0 spiro atoms. The number of aromatic nitrogens is 5. The molecule has 0 saturated heterocycles. The van der Waals surface area contributed by atoms with Gasteiger partial charge in [-0.25, -0.2) is 15.0 Å². The van der Waals surface area contributed by atoms with E-state index in [4.69, 9.17) is 0 Å². The number of hydrogen-bond donors (Lipinski definition) is 1. The fourth-order valence-corrected chi connectivity index (χ4v) is 4.04. The van der Waals surface area contributed by atoms with E-state index in [0.717, 1.165) is 30.2 Å². The van der Waals surface area contributed by atoms with Gasteiger partial charge in [-0.05, 0) is 36.5 Å². The number of ether oxygens (including phenoxy) is 1. The summed E-state index contributed by atoms with van der Waals surface area (Å²) in [5.41, 5.74) is 3.13. The van der Waals surface area contributed by atoms with Crippen LogP contribution in [-0.2, 0) is 19.6 Å². The van der Waals surface area contributed by atoms with E-state index in [2.05, 4.69) is 24.7 Å². The molecule has 6 nitrogen and oxygen atoms in total. The molecule has 0 atom stereocenters. The highest BCUT2D eigenvalue weighted by Gasteiger charge is 2.34. The Morgan fingerprint density at radius 1 is 1.11 bits per heavy atom. The number of imidazole rings is 1. The van der Waals surface area contributed by atoms with Crippen LogP contribution >= 0.6 is 0 Å². The van der Waals surface area contributed by atoms with Crippen LogP contribution in [0.2, 0.25) is 0 Å². The summed E-state index contributed by atoms with van der Waals surface area (Å²) in [4.78, 5) is 15.0. The van der Waals surface area contributed by atoms with Crippen molar-refractivity contribution in [3.8, 4) is 28.5 Å². The van der Waals surface area contributed by atoms with Crippen LogP contribution in [0.4, 0.5) is 22.0 Å². The molecule has 0 aliphatic heterocycles. The Kier molecular flexibility index (Phi) is 5.78. The maximum atomic E-state index is 13.0. The van der Waals surface area contributed by atoms with Gasteiger partial charge in [0.25, 0.3) is 0 Å². The lowest BCUT2D eigenvalue weighted by molar-refractivity contribution is -0.140. The fraction of sp³-hybridized carbons (Fsp3) is 0.292. The predicted octanol–water partition coefficient (Wildman–Crippen LogP) is 5.96. The van der Waals surface area contributed by atoms with Crippen molar-refractivity contribution in [1.82, 2.24) is 24.5 Å².